The summed E-state index contributed by atoms with van der Waals surface area (Å²) in [6.45, 7) is 3.81. The van der Waals surface area contributed by atoms with E-state index in [1.807, 2.05) is 13.8 Å². The van der Waals surface area contributed by atoms with Crippen LogP contribution >= 0.6 is 12.2 Å². The van der Waals surface area contributed by atoms with Crippen molar-refractivity contribution in [2.24, 2.45) is 17.8 Å². The lowest BCUT2D eigenvalue weighted by Gasteiger charge is -2.30. The molecule has 8 heteroatoms. The van der Waals surface area contributed by atoms with Crippen LogP contribution in [0.2, 0.25) is 0 Å². The lowest BCUT2D eigenvalue weighted by Crippen LogP contribution is -2.52. The molecule has 0 bridgehead atoms. The van der Waals surface area contributed by atoms with Crippen molar-refractivity contribution in [3.8, 4) is 0 Å². The third kappa shape index (κ3) is 7.17. The molecule has 0 spiro atoms. The van der Waals surface area contributed by atoms with Crippen molar-refractivity contribution in [3.63, 3.8) is 0 Å². The number of carbonyl (C=O) groups excluding carboxylic acids is 2. The second-order valence-corrected chi connectivity index (χ2v) is 8.01. The molecule has 3 unspecified atom stereocenters. The van der Waals surface area contributed by atoms with Gasteiger partial charge >= 0.3 is 0 Å². The molecule has 0 saturated heterocycles. The number of hydrogen-bond donors (Lipinski definition) is 5. The summed E-state index contributed by atoms with van der Waals surface area (Å²) < 4.78 is 0. The summed E-state index contributed by atoms with van der Waals surface area (Å²) >= 11 is 5.37. The number of thiocarbonyl (C=S) groups is 1. The van der Waals surface area contributed by atoms with Crippen molar-refractivity contribution in [3.05, 3.63) is 0 Å². The largest absolute Gasteiger partial charge is 0.382 e. The highest BCUT2D eigenvalue weighted by Crippen LogP contribution is 2.28. The lowest BCUT2D eigenvalue weighted by atomic mass is 9.84. The summed E-state index contributed by atoms with van der Waals surface area (Å²) in [5.74, 6) is -1.75. The predicted octanol–water partition coefficient (Wildman–Crippen LogP) is 1.52. The Labute approximate surface area is 161 Å². The quantitative estimate of drug-likeness (QED) is 0.233. The fraction of sp³-hybridized carbons (Fsp3) is 0.833. The SMILES string of the molecule is CNC(=S)C(CC1CCCCC1)NC(=O)C(CC(C)C)C(O)C(=O)NO. The van der Waals surface area contributed by atoms with E-state index in [4.69, 9.17) is 17.4 Å². The fourth-order valence-electron chi connectivity index (χ4n) is 3.58. The molecular weight excluding hydrogens is 354 g/mol. The highest BCUT2D eigenvalue weighted by atomic mass is 32.1. The minimum Gasteiger partial charge on any atom is -0.382 e. The topological polar surface area (TPSA) is 111 Å². The fourth-order valence-corrected chi connectivity index (χ4v) is 3.73. The average Bonchev–Trinajstić information content (AvgIpc) is 2.64. The van der Waals surface area contributed by atoms with Crippen LogP contribution in [0.15, 0.2) is 0 Å². The number of nitrogens with one attached hydrogen (secondary N) is 3. The zero-order valence-corrected chi connectivity index (χ0v) is 16.8. The molecule has 0 radical (unpaired) electrons. The van der Waals surface area contributed by atoms with Gasteiger partial charge in [0.2, 0.25) is 5.91 Å². The molecule has 5 N–H and O–H groups in total. The normalized spacial score (nSPS) is 18.7. The lowest BCUT2D eigenvalue weighted by molar-refractivity contribution is -0.146. The number of hydrogen-bond acceptors (Lipinski definition) is 5. The molecule has 0 aliphatic heterocycles. The second-order valence-electron chi connectivity index (χ2n) is 7.57. The maximum Gasteiger partial charge on any atom is 0.272 e. The number of hydroxylamine groups is 1. The number of likely N-dealkylation sites (N-methyl/N-ethyl adjacent to an activating group) is 1. The molecule has 150 valence electrons. The molecule has 1 fully saturated rings. The second kappa shape index (κ2) is 11.5. The first-order valence-corrected chi connectivity index (χ1v) is 9.84. The summed E-state index contributed by atoms with van der Waals surface area (Å²) in [6.07, 6.45) is 5.37. The summed E-state index contributed by atoms with van der Waals surface area (Å²) in [5.41, 5.74) is 1.42. The Hall–Kier alpha value is -1.25. The molecule has 26 heavy (non-hydrogen) atoms. The van der Waals surface area contributed by atoms with Crippen LogP contribution in [0.3, 0.4) is 0 Å². The molecule has 2 amide bonds. The summed E-state index contributed by atoms with van der Waals surface area (Å²) in [4.78, 5) is 24.9. The van der Waals surface area contributed by atoms with Crippen molar-refractivity contribution >= 4 is 29.0 Å². The molecule has 7 nitrogen and oxygen atoms in total. The first-order valence-electron chi connectivity index (χ1n) is 9.44. The average molecular weight is 388 g/mol. The van der Waals surface area contributed by atoms with Crippen LogP contribution in [-0.4, -0.2) is 46.3 Å². The summed E-state index contributed by atoms with van der Waals surface area (Å²) in [5, 5.41) is 24.8. The Bertz CT molecular complexity index is 481. The van der Waals surface area contributed by atoms with Crippen molar-refractivity contribution in [1.82, 2.24) is 16.1 Å². The van der Waals surface area contributed by atoms with Gasteiger partial charge < -0.3 is 15.7 Å². The molecule has 1 aliphatic carbocycles. The van der Waals surface area contributed by atoms with E-state index in [-0.39, 0.29) is 12.0 Å². The van der Waals surface area contributed by atoms with Crippen molar-refractivity contribution < 1.29 is 19.9 Å². The van der Waals surface area contributed by atoms with Crippen LogP contribution in [0.25, 0.3) is 0 Å². The maximum atomic E-state index is 12.8. The molecular formula is C18H33N3O4S. The Morgan fingerprint density at radius 1 is 1.15 bits per heavy atom. The van der Waals surface area contributed by atoms with Gasteiger partial charge in [-0.1, -0.05) is 58.2 Å². The number of aliphatic hydroxyl groups excluding tert-OH is 1. The zero-order chi connectivity index (χ0) is 19.7. The molecule has 0 aromatic rings. The summed E-state index contributed by atoms with van der Waals surface area (Å²) in [7, 11) is 1.72. The van der Waals surface area contributed by atoms with Crippen LogP contribution in [0.1, 0.15) is 58.8 Å². The number of amides is 2. The van der Waals surface area contributed by atoms with E-state index in [1.165, 1.54) is 24.7 Å². The highest BCUT2D eigenvalue weighted by Gasteiger charge is 2.34. The summed E-state index contributed by atoms with van der Waals surface area (Å²) in [6, 6.07) is -0.329. The van der Waals surface area contributed by atoms with Crippen LogP contribution in [0, 0.1) is 17.8 Å². The first-order chi connectivity index (χ1) is 12.3. The van der Waals surface area contributed by atoms with Crippen LogP contribution in [-0.2, 0) is 9.59 Å². The molecule has 0 aromatic carbocycles. The van der Waals surface area contributed by atoms with E-state index in [1.54, 1.807) is 7.05 Å². The highest BCUT2D eigenvalue weighted by molar-refractivity contribution is 7.80. The van der Waals surface area contributed by atoms with Crippen molar-refractivity contribution in [1.29, 1.82) is 0 Å². The molecule has 0 heterocycles. The monoisotopic (exact) mass is 387 g/mol. The zero-order valence-electron chi connectivity index (χ0n) is 16.0. The molecule has 3 atom stereocenters. The van der Waals surface area contributed by atoms with Gasteiger partial charge in [-0.25, -0.2) is 5.48 Å². The minimum atomic E-state index is -1.61. The van der Waals surface area contributed by atoms with Gasteiger partial charge in [-0.15, -0.1) is 0 Å². The smallest absolute Gasteiger partial charge is 0.272 e. The standard InChI is InChI=1S/C18H33N3O4S/c1-11(2)9-13(15(22)17(24)21-25)16(23)20-14(18(26)19-3)10-12-7-5-4-6-8-12/h11-15,22,25H,4-10H2,1-3H3,(H,19,26)(H,20,23)(H,21,24). The van der Waals surface area contributed by atoms with E-state index in [9.17, 15) is 14.7 Å². The predicted molar refractivity (Wildman–Crippen MR) is 104 cm³/mol. The first kappa shape index (κ1) is 22.8. The van der Waals surface area contributed by atoms with Gasteiger partial charge in [0.25, 0.3) is 5.91 Å². The number of carbonyl (C=O) groups is 2. The minimum absolute atomic E-state index is 0.0972. The third-order valence-electron chi connectivity index (χ3n) is 5.00. The third-order valence-corrected chi connectivity index (χ3v) is 5.48. The Morgan fingerprint density at radius 3 is 2.27 bits per heavy atom. The maximum absolute atomic E-state index is 12.8. The van der Waals surface area contributed by atoms with E-state index in [2.05, 4.69) is 10.6 Å². The van der Waals surface area contributed by atoms with Crippen LogP contribution < -0.4 is 16.1 Å². The van der Waals surface area contributed by atoms with E-state index in [0.717, 1.165) is 19.3 Å². The van der Waals surface area contributed by atoms with Gasteiger partial charge in [0.15, 0.2) is 0 Å². The number of aliphatic hydroxyl groups is 1. The van der Waals surface area contributed by atoms with Crippen LogP contribution in [0.4, 0.5) is 0 Å². The van der Waals surface area contributed by atoms with E-state index in [0.29, 0.717) is 17.3 Å². The van der Waals surface area contributed by atoms with Gasteiger partial charge in [-0.3, -0.25) is 14.8 Å². The Morgan fingerprint density at radius 2 is 1.77 bits per heavy atom. The molecule has 1 aliphatic rings. The molecule has 0 aromatic heterocycles. The van der Waals surface area contributed by atoms with E-state index >= 15 is 0 Å². The van der Waals surface area contributed by atoms with Gasteiger partial charge in [-0.05, 0) is 24.7 Å². The Balaban J connectivity index is 2.84. The van der Waals surface area contributed by atoms with Crippen molar-refractivity contribution in [2.45, 2.75) is 70.9 Å². The molecule has 1 saturated carbocycles. The van der Waals surface area contributed by atoms with Gasteiger partial charge in [0.1, 0.15) is 6.10 Å². The Kier molecular flexibility index (Phi) is 10.0. The van der Waals surface area contributed by atoms with Gasteiger partial charge in [0, 0.05) is 7.05 Å². The number of rotatable bonds is 9. The van der Waals surface area contributed by atoms with E-state index < -0.39 is 23.8 Å². The van der Waals surface area contributed by atoms with Gasteiger partial charge in [-0.2, -0.15) is 0 Å². The van der Waals surface area contributed by atoms with Crippen molar-refractivity contribution in [2.75, 3.05) is 7.05 Å². The van der Waals surface area contributed by atoms with Crippen LogP contribution in [0.5, 0.6) is 0 Å². The van der Waals surface area contributed by atoms with Gasteiger partial charge in [0.05, 0.1) is 16.9 Å². The molecule has 1 rings (SSSR count).